The molecule has 0 fully saturated rings. The van der Waals surface area contributed by atoms with E-state index in [-0.39, 0.29) is 0 Å². The van der Waals surface area contributed by atoms with Gasteiger partial charge in [-0.15, -0.1) is 0 Å². The Labute approximate surface area is 126 Å². The van der Waals surface area contributed by atoms with Crippen LogP contribution >= 0.6 is 22.6 Å². The number of benzene rings is 1. The summed E-state index contributed by atoms with van der Waals surface area (Å²) in [6.45, 7) is 1.35. The molecule has 0 aliphatic heterocycles. The first-order chi connectivity index (χ1) is 9.04. The molecule has 1 rings (SSSR count). The summed E-state index contributed by atoms with van der Waals surface area (Å²) in [6, 6.07) is 5.50. The number of hydrogen-bond acceptors (Lipinski definition) is 1. The monoisotopic (exact) mass is 385 g/mol. The maximum Gasteiger partial charge on any atom is 0.416 e. The highest BCUT2D eigenvalue weighted by atomic mass is 127. The van der Waals surface area contributed by atoms with Gasteiger partial charge in [-0.25, -0.2) is 0 Å². The van der Waals surface area contributed by atoms with Crippen molar-refractivity contribution in [2.24, 2.45) is 0 Å². The van der Waals surface area contributed by atoms with Crippen molar-refractivity contribution in [3.8, 4) is 0 Å². The average molecular weight is 385 g/mol. The summed E-state index contributed by atoms with van der Waals surface area (Å²) in [5.41, 5.74) is 0.107. The largest absolute Gasteiger partial charge is 0.416 e. The molecule has 19 heavy (non-hydrogen) atoms. The molecule has 0 aliphatic carbocycles. The predicted octanol–water partition coefficient (Wildman–Crippen LogP) is 4.79. The zero-order chi connectivity index (χ0) is 14.1. The van der Waals surface area contributed by atoms with Crippen LogP contribution in [0.15, 0.2) is 24.3 Å². The summed E-state index contributed by atoms with van der Waals surface area (Å²) < 4.78 is 38.7. The van der Waals surface area contributed by atoms with E-state index in [4.69, 9.17) is 0 Å². The van der Waals surface area contributed by atoms with E-state index in [0.29, 0.717) is 12.1 Å². The van der Waals surface area contributed by atoms with Crippen molar-refractivity contribution >= 4 is 22.6 Å². The second-order valence-electron chi connectivity index (χ2n) is 4.48. The van der Waals surface area contributed by atoms with Crippen molar-refractivity contribution in [3.63, 3.8) is 0 Å². The molecule has 0 bridgehead atoms. The Bertz CT molecular complexity index is 366. The third-order valence-electron chi connectivity index (χ3n) is 2.82. The maximum atomic E-state index is 12.5. The lowest BCUT2D eigenvalue weighted by Crippen LogP contribution is -2.15. The van der Waals surface area contributed by atoms with Crippen LogP contribution < -0.4 is 5.32 Å². The van der Waals surface area contributed by atoms with E-state index in [9.17, 15) is 13.2 Å². The summed E-state index contributed by atoms with van der Waals surface area (Å²) in [7, 11) is 0. The fourth-order valence-electron chi connectivity index (χ4n) is 1.79. The van der Waals surface area contributed by atoms with Crippen molar-refractivity contribution in [2.45, 2.75) is 38.4 Å². The Balaban J connectivity index is 2.26. The van der Waals surface area contributed by atoms with E-state index in [1.807, 2.05) is 0 Å². The third-order valence-corrected chi connectivity index (χ3v) is 3.58. The minimum absolute atomic E-state index is 0.496. The molecule has 0 amide bonds. The Kier molecular flexibility index (Phi) is 7.75. The van der Waals surface area contributed by atoms with Crippen LogP contribution in [-0.4, -0.2) is 11.0 Å². The molecule has 0 radical (unpaired) electrons. The fraction of sp³-hybridized carbons (Fsp3) is 0.571. The molecular weight excluding hydrogens is 366 g/mol. The lowest BCUT2D eigenvalue weighted by atomic mass is 10.1. The number of unbranched alkanes of at least 4 members (excludes halogenated alkanes) is 3. The van der Waals surface area contributed by atoms with Gasteiger partial charge in [-0.1, -0.05) is 53.6 Å². The average Bonchev–Trinajstić information content (AvgIpc) is 2.37. The van der Waals surface area contributed by atoms with Gasteiger partial charge in [0.25, 0.3) is 0 Å². The van der Waals surface area contributed by atoms with Gasteiger partial charge in [0, 0.05) is 6.54 Å². The third kappa shape index (κ3) is 7.15. The first-order valence-electron chi connectivity index (χ1n) is 6.47. The van der Waals surface area contributed by atoms with Gasteiger partial charge in [-0.05, 0) is 35.4 Å². The Morgan fingerprint density at radius 2 is 1.79 bits per heavy atom. The number of halogens is 4. The van der Waals surface area contributed by atoms with Gasteiger partial charge in [0.2, 0.25) is 0 Å². The quantitative estimate of drug-likeness (QED) is 0.386. The Hall–Kier alpha value is -0.300. The smallest absolute Gasteiger partial charge is 0.313 e. The zero-order valence-electron chi connectivity index (χ0n) is 10.8. The number of rotatable bonds is 8. The van der Waals surface area contributed by atoms with Gasteiger partial charge in [0.05, 0.1) is 5.56 Å². The van der Waals surface area contributed by atoms with Gasteiger partial charge < -0.3 is 5.32 Å². The molecule has 0 heterocycles. The fourth-order valence-corrected chi connectivity index (χ4v) is 2.33. The van der Waals surface area contributed by atoms with Crippen molar-refractivity contribution in [3.05, 3.63) is 35.4 Å². The number of nitrogens with one attached hydrogen (secondary N) is 1. The highest BCUT2D eigenvalue weighted by Gasteiger charge is 2.30. The number of hydrogen-bond donors (Lipinski definition) is 1. The zero-order valence-corrected chi connectivity index (χ0v) is 12.9. The Morgan fingerprint density at radius 3 is 2.47 bits per heavy atom. The molecule has 0 atom stereocenters. The maximum absolute atomic E-state index is 12.5. The molecular formula is C14H19F3IN. The first kappa shape index (κ1) is 16.8. The van der Waals surface area contributed by atoms with Crippen LogP contribution in [0.25, 0.3) is 0 Å². The van der Waals surface area contributed by atoms with Crippen LogP contribution in [0.4, 0.5) is 13.2 Å². The van der Waals surface area contributed by atoms with Crippen molar-refractivity contribution in [1.82, 2.24) is 5.32 Å². The molecule has 5 heteroatoms. The second kappa shape index (κ2) is 8.79. The lowest BCUT2D eigenvalue weighted by Gasteiger charge is -2.09. The van der Waals surface area contributed by atoms with Crippen LogP contribution in [0.5, 0.6) is 0 Å². The van der Waals surface area contributed by atoms with Gasteiger partial charge in [0.1, 0.15) is 0 Å². The van der Waals surface area contributed by atoms with Crippen LogP contribution in [0, 0.1) is 0 Å². The van der Waals surface area contributed by atoms with Crippen molar-refractivity contribution in [1.29, 1.82) is 0 Å². The molecule has 0 spiro atoms. The summed E-state index contributed by atoms with van der Waals surface area (Å²) in [5.74, 6) is 0. The van der Waals surface area contributed by atoms with E-state index in [1.165, 1.54) is 35.8 Å². The minimum Gasteiger partial charge on any atom is -0.313 e. The summed E-state index contributed by atoms with van der Waals surface area (Å²) in [4.78, 5) is 0. The molecule has 0 unspecified atom stereocenters. The molecule has 0 saturated carbocycles. The molecule has 0 saturated heterocycles. The van der Waals surface area contributed by atoms with Crippen molar-refractivity contribution < 1.29 is 13.2 Å². The molecule has 1 aromatic carbocycles. The molecule has 108 valence electrons. The SMILES string of the molecule is FC(F)(F)c1cccc(CNCCCCCCI)c1. The van der Waals surface area contributed by atoms with Crippen LogP contribution in [0.3, 0.4) is 0 Å². The minimum atomic E-state index is -4.25. The van der Waals surface area contributed by atoms with Crippen LogP contribution in [0.2, 0.25) is 0 Å². The van der Waals surface area contributed by atoms with E-state index in [2.05, 4.69) is 27.9 Å². The predicted molar refractivity (Wildman–Crippen MR) is 80.5 cm³/mol. The first-order valence-corrected chi connectivity index (χ1v) is 7.99. The van der Waals surface area contributed by atoms with E-state index in [1.54, 1.807) is 6.07 Å². The van der Waals surface area contributed by atoms with E-state index >= 15 is 0 Å². The lowest BCUT2D eigenvalue weighted by molar-refractivity contribution is -0.137. The van der Waals surface area contributed by atoms with E-state index < -0.39 is 11.7 Å². The molecule has 1 aromatic rings. The van der Waals surface area contributed by atoms with Gasteiger partial charge in [0.15, 0.2) is 0 Å². The van der Waals surface area contributed by atoms with Gasteiger partial charge in [-0.2, -0.15) is 13.2 Å². The molecule has 0 aromatic heterocycles. The molecule has 1 N–H and O–H groups in total. The van der Waals surface area contributed by atoms with Crippen molar-refractivity contribution in [2.75, 3.05) is 11.0 Å². The highest BCUT2D eigenvalue weighted by Crippen LogP contribution is 2.29. The van der Waals surface area contributed by atoms with Crippen LogP contribution in [-0.2, 0) is 12.7 Å². The normalized spacial score (nSPS) is 11.8. The Morgan fingerprint density at radius 1 is 1.05 bits per heavy atom. The van der Waals surface area contributed by atoms with E-state index in [0.717, 1.165) is 19.0 Å². The molecule has 1 nitrogen and oxygen atoms in total. The van der Waals surface area contributed by atoms with Gasteiger partial charge >= 0.3 is 6.18 Å². The number of alkyl halides is 4. The summed E-state index contributed by atoms with van der Waals surface area (Å²) in [6.07, 6.45) is 0.478. The van der Waals surface area contributed by atoms with Crippen LogP contribution in [0.1, 0.15) is 36.8 Å². The summed E-state index contributed by atoms with van der Waals surface area (Å²) >= 11 is 2.37. The standard InChI is InChI=1S/C14H19F3IN/c15-14(16,17)13-7-5-6-12(10-13)11-19-9-4-2-1-3-8-18/h5-7,10,19H,1-4,8-9,11H2. The summed E-state index contributed by atoms with van der Waals surface area (Å²) in [5, 5.41) is 3.19. The highest BCUT2D eigenvalue weighted by molar-refractivity contribution is 14.1. The topological polar surface area (TPSA) is 12.0 Å². The molecule has 0 aliphatic rings. The van der Waals surface area contributed by atoms with Gasteiger partial charge in [-0.3, -0.25) is 0 Å². The second-order valence-corrected chi connectivity index (χ2v) is 5.56.